The van der Waals surface area contributed by atoms with Gasteiger partial charge < -0.3 is 0 Å². The standard InChI is InChI=1S/C54H35N3/c1-3-13-36(14-4-1)41-19-9-20-43(33-41)46-24-11-18-40-17-10-23-45(53(40)46)39-29-27-38(28-30-39)44-22-12-25-50-49(44)35-55-54(56-50)57-51-26-8-7-21-47(51)48-34-42(31-32-52(48)57)37-15-5-2-6-16-37/h1-35H/i1D,2D,3D,4D,5D,6D,13D,14D,15D,16D. The highest BCUT2D eigenvalue weighted by Crippen LogP contribution is 2.39. The molecular formula is C54H35N3. The second-order valence-electron chi connectivity index (χ2n) is 13.9. The van der Waals surface area contributed by atoms with Gasteiger partial charge in [-0.3, -0.25) is 4.57 Å². The molecule has 0 unspecified atom stereocenters. The largest absolute Gasteiger partial charge is 0.278 e. The van der Waals surface area contributed by atoms with Gasteiger partial charge in [0, 0.05) is 22.4 Å². The minimum atomic E-state index is -0.430. The molecule has 0 spiro atoms. The first-order valence-corrected chi connectivity index (χ1v) is 18.6. The maximum absolute atomic E-state index is 8.59. The summed E-state index contributed by atoms with van der Waals surface area (Å²) in [6.45, 7) is 0. The number of hydrogen-bond donors (Lipinski definition) is 0. The molecule has 0 bridgehead atoms. The van der Waals surface area contributed by atoms with E-state index in [-0.39, 0.29) is 59.5 Å². The van der Waals surface area contributed by atoms with E-state index >= 15 is 0 Å². The molecule has 0 amide bonds. The summed E-state index contributed by atoms with van der Waals surface area (Å²) in [5, 5.41) is 4.67. The molecule has 3 heteroatoms. The molecule has 0 atom stereocenters. The molecule has 266 valence electrons. The Morgan fingerprint density at radius 1 is 0.404 bits per heavy atom. The molecule has 0 fully saturated rings. The van der Waals surface area contributed by atoms with E-state index in [2.05, 4.69) is 48.5 Å². The second kappa shape index (κ2) is 13.6. The average Bonchev–Trinajstić information content (AvgIpc) is 3.69. The molecule has 9 aromatic carbocycles. The summed E-state index contributed by atoms with van der Waals surface area (Å²) in [6, 6.07) is 44.3. The van der Waals surface area contributed by atoms with E-state index < -0.39 is 12.1 Å². The Morgan fingerprint density at radius 2 is 0.982 bits per heavy atom. The van der Waals surface area contributed by atoms with Crippen molar-refractivity contribution in [3.63, 3.8) is 0 Å². The van der Waals surface area contributed by atoms with Gasteiger partial charge in [0.25, 0.3) is 0 Å². The van der Waals surface area contributed by atoms with Crippen molar-refractivity contribution in [2.75, 3.05) is 0 Å². The number of hydrogen-bond acceptors (Lipinski definition) is 2. The first kappa shape index (κ1) is 24.0. The molecule has 0 aliphatic rings. The smallest absolute Gasteiger partial charge is 0.235 e. The van der Waals surface area contributed by atoms with Gasteiger partial charge in [0.1, 0.15) is 0 Å². The lowest BCUT2D eigenvalue weighted by Crippen LogP contribution is -2.01. The molecule has 2 heterocycles. The van der Waals surface area contributed by atoms with Crippen LogP contribution in [0.15, 0.2) is 212 Å². The predicted molar refractivity (Wildman–Crippen MR) is 239 cm³/mol. The minimum Gasteiger partial charge on any atom is -0.278 e. The summed E-state index contributed by atoms with van der Waals surface area (Å²) in [7, 11) is 0. The minimum absolute atomic E-state index is 0.146. The third-order valence-electron chi connectivity index (χ3n) is 10.6. The summed E-state index contributed by atoms with van der Waals surface area (Å²) >= 11 is 0. The van der Waals surface area contributed by atoms with Crippen LogP contribution in [-0.2, 0) is 0 Å². The lowest BCUT2D eigenvalue weighted by atomic mass is 9.90. The van der Waals surface area contributed by atoms with Gasteiger partial charge in [0.2, 0.25) is 5.95 Å². The molecule has 0 aliphatic carbocycles. The highest BCUT2D eigenvalue weighted by Gasteiger charge is 2.17. The molecule has 11 aromatic rings. The maximum Gasteiger partial charge on any atom is 0.235 e. The quantitative estimate of drug-likeness (QED) is 0.170. The van der Waals surface area contributed by atoms with Gasteiger partial charge >= 0.3 is 0 Å². The number of benzene rings is 9. The lowest BCUT2D eigenvalue weighted by molar-refractivity contribution is 1.01. The molecule has 0 aliphatic heterocycles. The lowest BCUT2D eigenvalue weighted by Gasteiger charge is -2.14. The highest BCUT2D eigenvalue weighted by molar-refractivity contribution is 6.11. The summed E-state index contributed by atoms with van der Waals surface area (Å²) < 4.78 is 85.4. The van der Waals surface area contributed by atoms with Crippen molar-refractivity contribution in [1.82, 2.24) is 14.5 Å². The van der Waals surface area contributed by atoms with Gasteiger partial charge in [0.05, 0.1) is 30.3 Å². The Bertz CT molecular complexity index is 3820. The van der Waals surface area contributed by atoms with Crippen LogP contribution in [0.25, 0.3) is 105 Å². The molecule has 0 saturated carbocycles. The van der Waals surface area contributed by atoms with Crippen molar-refractivity contribution in [3.05, 3.63) is 212 Å². The van der Waals surface area contributed by atoms with E-state index in [0.717, 1.165) is 76.9 Å². The Labute approximate surface area is 344 Å². The van der Waals surface area contributed by atoms with E-state index in [1.54, 1.807) is 12.1 Å². The highest BCUT2D eigenvalue weighted by atomic mass is 15.2. The Balaban J connectivity index is 0.966. The molecular weight excluding hydrogens is 691 g/mol. The Morgan fingerprint density at radius 3 is 1.74 bits per heavy atom. The van der Waals surface area contributed by atoms with Crippen LogP contribution in [0.3, 0.4) is 0 Å². The van der Waals surface area contributed by atoms with Crippen LogP contribution in [-0.4, -0.2) is 14.5 Å². The van der Waals surface area contributed by atoms with Crippen LogP contribution in [0.5, 0.6) is 0 Å². The van der Waals surface area contributed by atoms with Crippen LogP contribution >= 0.6 is 0 Å². The molecule has 0 N–H and O–H groups in total. The molecule has 57 heavy (non-hydrogen) atoms. The third-order valence-corrected chi connectivity index (χ3v) is 10.6. The second-order valence-corrected chi connectivity index (χ2v) is 13.9. The SMILES string of the molecule is [2H]c1c([2H])c([2H])c(-c2cccc(-c3cccc4cccc(-c5ccc(-c6cccc7nc(-n8c9ccccc9c9cc(-c%10c([2H])c([2H])c([2H])c([2H])c%10[2H])ccc98)ncc67)cc5)c34)c2)c([2H])c1[2H]. The zero-order chi connectivity index (χ0) is 46.4. The summed E-state index contributed by atoms with van der Waals surface area (Å²) in [4.78, 5) is 10.0. The molecule has 3 nitrogen and oxygen atoms in total. The first-order valence-electron chi connectivity index (χ1n) is 23.6. The fourth-order valence-electron chi connectivity index (χ4n) is 8.03. The van der Waals surface area contributed by atoms with Gasteiger partial charge in [-0.1, -0.05) is 176 Å². The zero-order valence-corrected chi connectivity index (χ0v) is 30.3. The first-order chi connectivity index (χ1) is 32.4. The van der Waals surface area contributed by atoms with E-state index in [4.69, 9.17) is 23.7 Å². The van der Waals surface area contributed by atoms with Crippen LogP contribution < -0.4 is 0 Å². The number of aromatic nitrogens is 3. The van der Waals surface area contributed by atoms with Gasteiger partial charge in [0.15, 0.2) is 0 Å². The summed E-state index contributed by atoms with van der Waals surface area (Å²) in [5.74, 6) is 0.465. The van der Waals surface area contributed by atoms with Crippen molar-refractivity contribution in [2.24, 2.45) is 0 Å². The zero-order valence-electron chi connectivity index (χ0n) is 40.3. The van der Waals surface area contributed by atoms with Crippen LogP contribution in [0.4, 0.5) is 0 Å². The molecule has 0 saturated heterocycles. The third kappa shape index (κ3) is 5.68. The van der Waals surface area contributed by atoms with Crippen molar-refractivity contribution in [3.8, 4) is 61.6 Å². The van der Waals surface area contributed by atoms with Crippen molar-refractivity contribution in [2.45, 2.75) is 0 Å². The van der Waals surface area contributed by atoms with Crippen LogP contribution in [0.1, 0.15) is 13.7 Å². The summed E-state index contributed by atoms with van der Waals surface area (Å²) in [6.07, 6.45) is 1.85. The topological polar surface area (TPSA) is 30.7 Å². The van der Waals surface area contributed by atoms with Crippen molar-refractivity contribution < 1.29 is 13.7 Å². The van der Waals surface area contributed by atoms with Gasteiger partial charge in [-0.2, -0.15) is 0 Å². The number of para-hydroxylation sites is 1. The predicted octanol–water partition coefficient (Wildman–Crippen LogP) is 14.2. The van der Waals surface area contributed by atoms with Crippen LogP contribution in [0.2, 0.25) is 0 Å². The molecule has 11 rings (SSSR count). The summed E-state index contributed by atoms with van der Waals surface area (Å²) in [5.41, 5.74) is 9.55. The van der Waals surface area contributed by atoms with Crippen molar-refractivity contribution >= 4 is 43.5 Å². The fraction of sp³-hybridized carbons (Fsp3) is 0. The molecule has 0 radical (unpaired) electrons. The van der Waals surface area contributed by atoms with E-state index in [9.17, 15) is 0 Å². The van der Waals surface area contributed by atoms with Gasteiger partial charge in [-0.25, -0.2) is 9.97 Å². The van der Waals surface area contributed by atoms with Gasteiger partial charge in [-0.15, -0.1) is 0 Å². The Hall–Kier alpha value is -7.62. The maximum atomic E-state index is 8.59. The average molecular weight is 736 g/mol. The normalized spacial score (nSPS) is 14.0. The number of fused-ring (bicyclic) bond motifs is 5. The molecule has 2 aromatic heterocycles. The van der Waals surface area contributed by atoms with E-state index in [1.807, 2.05) is 95.7 Å². The number of nitrogens with zero attached hydrogens (tertiary/aromatic N) is 3. The fourth-order valence-corrected chi connectivity index (χ4v) is 8.03. The van der Waals surface area contributed by atoms with E-state index in [1.165, 1.54) is 0 Å². The van der Waals surface area contributed by atoms with Crippen molar-refractivity contribution in [1.29, 1.82) is 0 Å². The van der Waals surface area contributed by atoms with E-state index in [0.29, 0.717) is 17.1 Å². The Kier molecular flexibility index (Phi) is 5.73. The van der Waals surface area contributed by atoms with Gasteiger partial charge in [-0.05, 0) is 96.7 Å². The van der Waals surface area contributed by atoms with Crippen LogP contribution in [0, 0.1) is 0 Å². The number of rotatable bonds is 6. The monoisotopic (exact) mass is 735 g/mol.